The van der Waals surface area contributed by atoms with Gasteiger partial charge in [0.1, 0.15) is 5.75 Å². The van der Waals surface area contributed by atoms with Crippen molar-refractivity contribution in [2.75, 3.05) is 52.8 Å². The molecule has 1 aliphatic rings. The van der Waals surface area contributed by atoms with Crippen LogP contribution in [0.3, 0.4) is 0 Å². The minimum absolute atomic E-state index is 0.126. The number of benzene rings is 1. The number of hydrogen-bond acceptors (Lipinski definition) is 8. The molecule has 1 unspecified atom stereocenters. The second-order valence-corrected chi connectivity index (χ2v) is 9.13. The zero-order valence-corrected chi connectivity index (χ0v) is 20.2. The second-order valence-electron chi connectivity index (χ2n) is 8.08. The predicted molar refractivity (Wildman–Crippen MR) is 135 cm³/mol. The molecular formula is C25H29FN4O3S. The third kappa shape index (κ3) is 5.98. The van der Waals surface area contributed by atoms with Crippen LogP contribution in [0.2, 0.25) is 0 Å². The Balaban J connectivity index is 1.47. The molecule has 1 aliphatic heterocycles. The molecule has 2 aromatic heterocycles. The van der Waals surface area contributed by atoms with Crippen molar-refractivity contribution in [3.63, 3.8) is 0 Å². The normalized spacial score (nSPS) is 15.8. The lowest BCUT2D eigenvalue weighted by molar-refractivity contribution is 0.110. The van der Waals surface area contributed by atoms with Crippen LogP contribution in [0.4, 0.5) is 10.1 Å². The summed E-state index contributed by atoms with van der Waals surface area (Å²) in [6, 6.07) is 8.13. The molecule has 1 aromatic carbocycles. The van der Waals surface area contributed by atoms with Gasteiger partial charge in [0.2, 0.25) is 0 Å². The van der Waals surface area contributed by atoms with E-state index in [1.165, 1.54) is 23.5 Å². The van der Waals surface area contributed by atoms with Gasteiger partial charge in [0.25, 0.3) is 0 Å². The Bertz CT molecular complexity index is 1170. The van der Waals surface area contributed by atoms with Crippen LogP contribution in [-0.4, -0.2) is 63.2 Å². The Hall–Kier alpha value is -2.85. The zero-order chi connectivity index (χ0) is 23.9. The molecule has 3 heterocycles. The molecular weight excluding hydrogens is 455 g/mol. The maximum Gasteiger partial charge on any atom is 0.167 e. The number of thiophene rings is 1. The van der Waals surface area contributed by atoms with E-state index in [0.29, 0.717) is 30.6 Å². The summed E-state index contributed by atoms with van der Waals surface area (Å²) in [5.41, 5.74) is 7.70. The molecule has 4 rings (SSSR count). The van der Waals surface area contributed by atoms with Crippen LogP contribution < -0.4 is 10.5 Å². The second kappa shape index (κ2) is 11.5. The number of nitrogen functional groups attached to an aromatic ring is 1. The van der Waals surface area contributed by atoms with E-state index >= 15 is 0 Å². The molecule has 0 bridgehead atoms. The maximum absolute atomic E-state index is 14.2. The monoisotopic (exact) mass is 484 g/mol. The van der Waals surface area contributed by atoms with E-state index < -0.39 is 5.82 Å². The summed E-state index contributed by atoms with van der Waals surface area (Å²) in [6.07, 6.45) is 6.75. The fourth-order valence-corrected chi connectivity index (χ4v) is 4.81. The van der Waals surface area contributed by atoms with Gasteiger partial charge < -0.3 is 19.9 Å². The van der Waals surface area contributed by atoms with Crippen molar-refractivity contribution in [2.24, 2.45) is 10.9 Å². The first-order valence-corrected chi connectivity index (χ1v) is 12.0. The summed E-state index contributed by atoms with van der Waals surface area (Å²) in [5.74, 6) is 0.505. The van der Waals surface area contributed by atoms with Gasteiger partial charge in [-0.2, -0.15) is 0 Å². The third-order valence-electron chi connectivity index (χ3n) is 5.56. The quantitative estimate of drug-likeness (QED) is 0.393. The SMILES string of the molecule is COCCN(CCOC)CC1C=NC(c2cc3nccc(Oc4ccc(N)cc4F)c3s2)=CC1. The molecule has 1 atom stereocenters. The van der Waals surface area contributed by atoms with Crippen LogP contribution in [0.1, 0.15) is 11.3 Å². The highest BCUT2D eigenvalue weighted by molar-refractivity contribution is 7.20. The highest BCUT2D eigenvalue weighted by Gasteiger charge is 2.18. The minimum Gasteiger partial charge on any atom is -0.453 e. The minimum atomic E-state index is -0.502. The van der Waals surface area contributed by atoms with Crippen molar-refractivity contribution in [3.05, 3.63) is 53.3 Å². The van der Waals surface area contributed by atoms with Crippen LogP contribution in [0, 0.1) is 11.7 Å². The summed E-state index contributed by atoms with van der Waals surface area (Å²) in [7, 11) is 3.43. The average molecular weight is 485 g/mol. The molecule has 0 fully saturated rings. The maximum atomic E-state index is 14.2. The molecule has 0 saturated heterocycles. The number of anilines is 1. The molecule has 7 nitrogen and oxygen atoms in total. The van der Waals surface area contributed by atoms with Gasteiger partial charge in [0, 0.05) is 70.0 Å². The largest absolute Gasteiger partial charge is 0.453 e. The van der Waals surface area contributed by atoms with Gasteiger partial charge in [0.05, 0.1) is 34.0 Å². The van der Waals surface area contributed by atoms with E-state index in [1.54, 1.807) is 32.5 Å². The van der Waals surface area contributed by atoms with Crippen LogP contribution in [-0.2, 0) is 9.47 Å². The van der Waals surface area contributed by atoms with Crippen molar-refractivity contribution < 1.29 is 18.6 Å². The molecule has 0 saturated carbocycles. The molecule has 0 aliphatic carbocycles. The van der Waals surface area contributed by atoms with E-state index in [4.69, 9.17) is 24.9 Å². The van der Waals surface area contributed by atoms with Crippen LogP contribution >= 0.6 is 11.3 Å². The molecule has 2 N–H and O–H groups in total. The van der Waals surface area contributed by atoms with E-state index in [2.05, 4.69) is 16.0 Å². The van der Waals surface area contributed by atoms with Gasteiger partial charge in [-0.1, -0.05) is 6.08 Å². The zero-order valence-electron chi connectivity index (χ0n) is 19.4. The summed E-state index contributed by atoms with van der Waals surface area (Å²) in [4.78, 5) is 12.5. The van der Waals surface area contributed by atoms with Gasteiger partial charge in [-0.05, 0) is 24.6 Å². The predicted octanol–water partition coefficient (Wildman–Crippen LogP) is 4.84. The van der Waals surface area contributed by atoms with Crippen LogP contribution in [0.15, 0.2) is 47.6 Å². The molecule has 180 valence electrons. The number of methoxy groups -OCH3 is 2. The first kappa shape index (κ1) is 24.3. The number of aromatic nitrogens is 1. The molecule has 0 spiro atoms. The average Bonchev–Trinajstić information content (AvgIpc) is 3.28. The first-order valence-electron chi connectivity index (χ1n) is 11.1. The number of ether oxygens (including phenoxy) is 3. The molecule has 0 radical (unpaired) electrons. The number of fused-ring (bicyclic) bond motifs is 1. The number of pyridine rings is 1. The molecule has 34 heavy (non-hydrogen) atoms. The number of allylic oxidation sites excluding steroid dienone is 1. The highest BCUT2D eigenvalue weighted by atomic mass is 32.1. The summed E-state index contributed by atoms with van der Waals surface area (Å²) in [5, 5.41) is 0. The number of nitrogens with two attached hydrogens (primary N) is 1. The number of halogens is 1. The van der Waals surface area contributed by atoms with E-state index in [9.17, 15) is 4.39 Å². The fraction of sp³-hybridized carbons (Fsp3) is 0.360. The summed E-state index contributed by atoms with van der Waals surface area (Å²) in [6.45, 7) is 4.00. The topological polar surface area (TPSA) is 82.2 Å². The number of hydrogen-bond donors (Lipinski definition) is 1. The fourth-order valence-electron chi connectivity index (χ4n) is 3.75. The first-order chi connectivity index (χ1) is 16.6. The van der Waals surface area contributed by atoms with Crippen molar-refractivity contribution in [2.45, 2.75) is 6.42 Å². The van der Waals surface area contributed by atoms with Crippen LogP contribution in [0.25, 0.3) is 15.9 Å². The van der Waals surface area contributed by atoms with Crippen molar-refractivity contribution in [3.8, 4) is 11.5 Å². The molecule has 0 amide bonds. The Morgan fingerprint density at radius 1 is 1.12 bits per heavy atom. The molecule has 9 heteroatoms. The Morgan fingerprint density at radius 3 is 2.59 bits per heavy atom. The lowest BCUT2D eigenvalue weighted by atomic mass is 10.0. The summed E-state index contributed by atoms with van der Waals surface area (Å²) < 4.78 is 31.4. The van der Waals surface area contributed by atoms with E-state index in [1.807, 2.05) is 12.3 Å². The lowest BCUT2D eigenvalue weighted by Crippen LogP contribution is -2.35. The molecule has 3 aromatic rings. The highest BCUT2D eigenvalue weighted by Crippen LogP contribution is 2.39. The van der Waals surface area contributed by atoms with E-state index in [-0.39, 0.29) is 5.75 Å². The lowest BCUT2D eigenvalue weighted by Gasteiger charge is -2.26. The van der Waals surface area contributed by atoms with Gasteiger partial charge in [-0.25, -0.2) is 4.39 Å². The smallest absolute Gasteiger partial charge is 0.167 e. The number of aliphatic imine (C=N–C) groups is 1. The van der Waals surface area contributed by atoms with Crippen molar-refractivity contribution in [1.82, 2.24) is 9.88 Å². The summed E-state index contributed by atoms with van der Waals surface area (Å²) >= 11 is 1.54. The van der Waals surface area contributed by atoms with E-state index in [0.717, 1.165) is 46.8 Å². The Morgan fingerprint density at radius 2 is 1.91 bits per heavy atom. The van der Waals surface area contributed by atoms with Gasteiger partial charge in [-0.3, -0.25) is 14.9 Å². The van der Waals surface area contributed by atoms with Gasteiger partial charge in [0.15, 0.2) is 11.6 Å². The van der Waals surface area contributed by atoms with Gasteiger partial charge >= 0.3 is 0 Å². The Labute approximate surface area is 202 Å². The Kier molecular flexibility index (Phi) is 8.23. The van der Waals surface area contributed by atoms with Gasteiger partial charge in [-0.15, -0.1) is 11.3 Å². The van der Waals surface area contributed by atoms with Crippen LogP contribution in [0.5, 0.6) is 11.5 Å². The third-order valence-corrected chi connectivity index (χ3v) is 6.72. The van der Waals surface area contributed by atoms with Crippen molar-refractivity contribution in [1.29, 1.82) is 0 Å². The number of nitrogens with zero attached hydrogens (tertiary/aromatic N) is 3. The standard InChI is InChI=1S/C25H29FN4O3S/c1-31-11-9-30(10-12-32-2)16-17-3-5-20(29-15-17)24-14-21-25(34-24)23(7-8-28-21)33-22-6-4-18(27)13-19(22)26/h4-8,13-15,17H,3,9-12,16,27H2,1-2H3. The number of rotatable bonds is 11. The van der Waals surface area contributed by atoms with Crippen molar-refractivity contribution >= 4 is 39.2 Å².